The van der Waals surface area contributed by atoms with Gasteiger partial charge in [0.15, 0.2) is 9.84 Å². The molecule has 0 aliphatic carbocycles. The summed E-state index contributed by atoms with van der Waals surface area (Å²) in [5, 5.41) is 14.4. The molecule has 0 bridgehead atoms. The molecule has 2 fully saturated rings. The van der Waals surface area contributed by atoms with Crippen LogP contribution < -0.4 is 10.1 Å². The van der Waals surface area contributed by atoms with Crippen molar-refractivity contribution in [2.45, 2.75) is 84.5 Å². The average Bonchev–Trinajstić information content (AvgIpc) is 3.26. The number of hydrogen-bond acceptors (Lipinski definition) is 6. The summed E-state index contributed by atoms with van der Waals surface area (Å²) in [6, 6.07) is 13.5. The van der Waals surface area contributed by atoms with E-state index in [2.05, 4.69) is 38.2 Å². The number of ether oxygens (including phenoxy) is 1. The maximum Gasteiger partial charge on any atom is 0.326 e. The molecule has 2 aromatic carbocycles. The highest BCUT2D eigenvalue weighted by Gasteiger charge is 2.58. The van der Waals surface area contributed by atoms with Gasteiger partial charge in [-0.15, -0.1) is 0 Å². The molecular formula is C33H46N2O6S. The maximum atomic E-state index is 14.3. The van der Waals surface area contributed by atoms with E-state index in [1.807, 2.05) is 57.2 Å². The van der Waals surface area contributed by atoms with Crippen molar-refractivity contribution < 1.29 is 27.9 Å². The smallest absolute Gasteiger partial charge is 0.326 e. The second kappa shape index (κ2) is 12.0. The van der Waals surface area contributed by atoms with Gasteiger partial charge in [-0.25, -0.2) is 13.2 Å². The second-order valence-corrected chi connectivity index (χ2v) is 16.1. The minimum Gasteiger partial charge on any atom is -0.496 e. The number of carboxylic acid groups (broad SMARTS) is 1. The standard InChI is InChI=1S/C33H46N2O6S/c1-32(2,3)24-15-16-25(41-7)23(18-24)19-34-27-26(33(4,5)6)29(31(37)38)35(28(27)21-12-9-8-10-13-21)30(36)22-14-11-17-42(39,40)20-22/h8-10,12-13,15-16,18,22,26-29,34H,11,14,17,19-20H2,1-7H3,(H,37,38)/t22?,26-,27-,28-,29-/m0/s1. The van der Waals surface area contributed by atoms with Crippen LogP contribution in [0.15, 0.2) is 48.5 Å². The lowest BCUT2D eigenvalue weighted by atomic mass is 9.72. The number of methoxy groups -OCH3 is 1. The largest absolute Gasteiger partial charge is 0.496 e. The number of rotatable bonds is 7. The first-order chi connectivity index (χ1) is 19.5. The number of carbonyl (C=O) groups is 2. The Labute approximate surface area is 250 Å². The number of benzene rings is 2. The Morgan fingerprint density at radius 3 is 2.26 bits per heavy atom. The van der Waals surface area contributed by atoms with Crippen LogP contribution in [0.1, 0.15) is 77.1 Å². The van der Waals surface area contributed by atoms with Crippen LogP contribution >= 0.6 is 0 Å². The highest BCUT2D eigenvalue weighted by molar-refractivity contribution is 7.91. The van der Waals surface area contributed by atoms with Crippen LogP contribution in [0.2, 0.25) is 0 Å². The predicted octanol–water partition coefficient (Wildman–Crippen LogP) is 4.97. The number of sulfone groups is 1. The molecule has 0 radical (unpaired) electrons. The quantitative estimate of drug-likeness (QED) is 0.463. The van der Waals surface area contributed by atoms with Crippen LogP contribution in [-0.4, -0.2) is 61.0 Å². The first-order valence-electron chi connectivity index (χ1n) is 14.8. The lowest BCUT2D eigenvalue weighted by Gasteiger charge is -2.36. The molecule has 2 aliphatic rings. The molecule has 0 spiro atoms. The first kappa shape index (κ1) is 32.0. The van der Waals surface area contributed by atoms with Crippen molar-refractivity contribution in [1.82, 2.24) is 10.2 Å². The first-order valence-corrected chi connectivity index (χ1v) is 16.6. The molecule has 0 saturated carbocycles. The van der Waals surface area contributed by atoms with Gasteiger partial charge in [0, 0.05) is 24.1 Å². The van der Waals surface area contributed by atoms with Crippen molar-refractivity contribution in [3.05, 3.63) is 65.2 Å². The minimum atomic E-state index is -3.38. The van der Waals surface area contributed by atoms with Crippen molar-refractivity contribution in [3.8, 4) is 5.75 Å². The van der Waals surface area contributed by atoms with E-state index in [1.165, 1.54) is 4.90 Å². The fourth-order valence-corrected chi connectivity index (χ4v) is 8.46. The van der Waals surface area contributed by atoms with Gasteiger partial charge in [0.25, 0.3) is 0 Å². The number of nitrogens with one attached hydrogen (secondary N) is 1. The Hall–Kier alpha value is -2.91. The number of aliphatic carboxylic acids is 1. The van der Waals surface area contributed by atoms with Crippen LogP contribution in [0, 0.1) is 17.3 Å². The lowest BCUT2D eigenvalue weighted by Crippen LogP contribution is -2.50. The normalized spacial score (nSPS) is 26.2. The molecule has 2 saturated heterocycles. The Balaban J connectivity index is 1.83. The number of amides is 1. The fourth-order valence-electron chi connectivity index (χ4n) is 6.77. The number of hydrogen-bond donors (Lipinski definition) is 2. The van der Waals surface area contributed by atoms with Gasteiger partial charge in [-0.3, -0.25) is 4.79 Å². The van der Waals surface area contributed by atoms with E-state index in [1.54, 1.807) is 7.11 Å². The summed E-state index contributed by atoms with van der Waals surface area (Å²) in [5.41, 5.74) is 2.33. The van der Waals surface area contributed by atoms with Crippen molar-refractivity contribution in [3.63, 3.8) is 0 Å². The monoisotopic (exact) mass is 598 g/mol. The molecule has 2 heterocycles. The zero-order chi connectivity index (χ0) is 31.0. The Bertz CT molecular complexity index is 1390. The third kappa shape index (κ3) is 6.67. The van der Waals surface area contributed by atoms with Gasteiger partial charge in [-0.2, -0.15) is 0 Å². The van der Waals surface area contributed by atoms with Gasteiger partial charge in [0.2, 0.25) is 5.91 Å². The van der Waals surface area contributed by atoms with Crippen molar-refractivity contribution >= 4 is 21.7 Å². The summed E-state index contributed by atoms with van der Waals surface area (Å²) in [6.07, 6.45) is 0.825. The lowest BCUT2D eigenvalue weighted by molar-refractivity contribution is -0.153. The van der Waals surface area contributed by atoms with E-state index in [4.69, 9.17) is 4.74 Å². The van der Waals surface area contributed by atoms with Gasteiger partial charge >= 0.3 is 5.97 Å². The van der Waals surface area contributed by atoms with Gasteiger partial charge in [-0.05, 0) is 40.9 Å². The van der Waals surface area contributed by atoms with Gasteiger partial charge in [0.05, 0.1) is 30.6 Å². The molecule has 2 aromatic rings. The second-order valence-electron chi connectivity index (χ2n) is 13.9. The molecule has 8 nitrogen and oxygen atoms in total. The van der Waals surface area contributed by atoms with Crippen LogP contribution in [0.5, 0.6) is 5.75 Å². The van der Waals surface area contributed by atoms with E-state index in [-0.39, 0.29) is 16.9 Å². The SMILES string of the molecule is COc1ccc(C(C)(C)C)cc1CN[C@H]1[C@H](C(C)(C)C)[C@@H](C(=O)O)N(C(=O)C2CCCS(=O)(=O)C2)[C@H]1c1ccccc1. The molecule has 2 N–H and O–H groups in total. The zero-order valence-corrected chi connectivity index (χ0v) is 26.7. The molecule has 1 unspecified atom stereocenters. The van der Waals surface area contributed by atoms with Crippen molar-refractivity contribution in [1.29, 1.82) is 0 Å². The average molecular weight is 599 g/mol. The van der Waals surface area contributed by atoms with E-state index < -0.39 is 57.1 Å². The molecule has 9 heteroatoms. The van der Waals surface area contributed by atoms with Gasteiger partial charge in [-0.1, -0.05) is 84.0 Å². The summed E-state index contributed by atoms with van der Waals surface area (Å²) in [4.78, 5) is 28.9. The predicted molar refractivity (Wildman–Crippen MR) is 164 cm³/mol. The summed E-state index contributed by atoms with van der Waals surface area (Å²) in [6.45, 7) is 12.9. The molecule has 230 valence electrons. The third-order valence-corrected chi connectivity index (χ3v) is 10.6. The number of carbonyl (C=O) groups excluding carboxylic acids is 1. The highest BCUT2D eigenvalue weighted by atomic mass is 32.2. The Morgan fingerprint density at radius 2 is 1.71 bits per heavy atom. The molecule has 0 aromatic heterocycles. The Kier molecular flexibility index (Phi) is 9.14. The zero-order valence-electron chi connectivity index (χ0n) is 25.9. The summed E-state index contributed by atoms with van der Waals surface area (Å²) in [5.74, 6) is -2.17. The van der Waals surface area contributed by atoms with Gasteiger partial charge in [0.1, 0.15) is 11.8 Å². The molecule has 5 atom stereocenters. The molecule has 4 rings (SSSR count). The summed E-state index contributed by atoms with van der Waals surface area (Å²) < 4.78 is 30.8. The van der Waals surface area contributed by atoms with Crippen LogP contribution in [0.3, 0.4) is 0 Å². The van der Waals surface area contributed by atoms with Crippen LogP contribution in [0.25, 0.3) is 0 Å². The number of nitrogens with zero attached hydrogens (tertiary/aromatic N) is 1. The fraction of sp³-hybridized carbons (Fsp3) is 0.576. The van der Waals surface area contributed by atoms with E-state index >= 15 is 0 Å². The minimum absolute atomic E-state index is 0.0610. The van der Waals surface area contributed by atoms with Crippen LogP contribution in [-0.2, 0) is 31.4 Å². The van der Waals surface area contributed by atoms with Crippen LogP contribution in [0.4, 0.5) is 0 Å². The van der Waals surface area contributed by atoms with E-state index in [9.17, 15) is 23.1 Å². The highest BCUT2D eigenvalue weighted by Crippen LogP contribution is 2.49. The summed E-state index contributed by atoms with van der Waals surface area (Å²) >= 11 is 0. The summed E-state index contributed by atoms with van der Waals surface area (Å²) in [7, 11) is -1.74. The van der Waals surface area contributed by atoms with E-state index in [0.717, 1.165) is 22.4 Å². The molecule has 42 heavy (non-hydrogen) atoms. The molecular weight excluding hydrogens is 552 g/mol. The third-order valence-electron chi connectivity index (χ3n) is 8.80. The maximum absolute atomic E-state index is 14.3. The number of carboxylic acids is 1. The molecule has 1 amide bonds. The van der Waals surface area contributed by atoms with Crippen molar-refractivity contribution in [2.75, 3.05) is 18.6 Å². The Morgan fingerprint density at radius 1 is 1.05 bits per heavy atom. The van der Waals surface area contributed by atoms with Crippen molar-refractivity contribution in [2.24, 2.45) is 17.3 Å². The van der Waals surface area contributed by atoms with Gasteiger partial charge < -0.3 is 20.1 Å². The van der Waals surface area contributed by atoms with E-state index in [0.29, 0.717) is 19.4 Å². The molecule has 2 aliphatic heterocycles. The topological polar surface area (TPSA) is 113 Å². The number of likely N-dealkylation sites (tertiary alicyclic amines) is 1.